The molecule has 1 aromatic carbocycles. The van der Waals surface area contributed by atoms with Gasteiger partial charge >= 0.3 is 0 Å². The van der Waals surface area contributed by atoms with Crippen molar-refractivity contribution < 1.29 is 4.74 Å². The van der Waals surface area contributed by atoms with E-state index < -0.39 is 0 Å². The van der Waals surface area contributed by atoms with Crippen molar-refractivity contribution in [1.82, 2.24) is 5.32 Å². The van der Waals surface area contributed by atoms with Crippen LogP contribution in [-0.2, 0) is 11.3 Å². The normalized spacial score (nSPS) is 18.4. The summed E-state index contributed by atoms with van der Waals surface area (Å²) < 4.78 is 5.13. The maximum Gasteiger partial charge on any atom is 0.0713 e. The first-order valence-corrected chi connectivity index (χ1v) is 5.93. The van der Waals surface area contributed by atoms with Crippen LogP contribution in [0.1, 0.15) is 18.4 Å². The fourth-order valence-corrected chi connectivity index (χ4v) is 2.13. The predicted molar refractivity (Wildman–Crippen MR) is 81.2 cm³/mol. The Morgan fingerprint density at radius 2 is 2.22 bits per heavy atom. The molecule has 1 saturated heterocycles. The maximum absolute atomic E-state index is 5.13. The zero-order valence-corrected chi connectivity index (χ0v) is 12.3. The van der Waals surface area contributed by atoms with E-state index in [1.807, 2.05) is 0 Å². The second-order valence-electron chi connectivity index (χ2n) is 4.32. The highest BCUT2D eigenvalue weighted by Crippen LogP contribution is 2.15. The first kappa shape index (κ1) is 17.5. The van der Waals surface area contributed by atoms with Crippen molar-refractivity contribution in [2.24, 2.45) is 0 Å². The molecule has 0 saturated carbocycles. The molecule has 0 aliphatic carbocycles. The topological polar surface area (TPSA) is 33.3 Å². The summed E-state index contributed by atoms with van der Waals surface area (Å²) in [4.78, 5) is 0. The Morgan fingerprint density at radius 1 is 1.39 bits per heavy atom. The number of piperidine rings is 1. The van der Waals surface area contributed by atoms with Crippen molar-refractivity contribution in [3.63, 3.8) is 0 Å². The largest absolute Gasteiger partial charge is 0.381 e. The van der Waals surface area contributed by atoms with Crippen LogP contribution in [0.15, 0.2) is 24.3 Å². The Kier molecular flexibility index (Phi) is 9.20. The fourth-order valence-electron chi connectivity index (χ4n) is 2.13. The predicted octanol–water partition coefficient (Wildman–Crippen LogP) is 2.84. The molecule has 1 heterocycles. The SMILES string of the molecule is COCc1cccc(N[C@H]2CCCNC2)c1.Cl.Cl. The summed E-state index contributed by atoms with van der Waals surface area (Å²) >= 11 is 0. The molecule has 0 radical (unpaired) electrons. The molecule has 104 valence electrons. The number of halogens is 2. The maximum atomic E-state index is 5.13. The monoisotopic (exact) mass is 292 g/mol. The summed E-state index contributed by atoms with van der Waals surface area (Å²) in [5, 5.41) is 6.97. The van der Waals surface area contributed by atoms with Crippen LogP contribution in [0.25, 0.3) is 0 Å². The lowest BCUT2D eigenvalue weighted by Gasteiger charge is -2.25. The van der Waals surface area contributed by atoms with Crippen LogP contribution in [0.3, 0.4) is 0 Å². The second kappa shape index (κ2) is 9.45. The molecule has 1 aromatic rings. The molecule has 1 fully saturated rings. The summed E-state index contributed by atoms with van der Waals surface area (Å²) in [5.74, 6) is 0. The molecule has 18 heavy (non-hydrogen) atoms. The number of hydrogen-bond acceptors (Lipinski definition) is 3. The van der Waals surface area contributed by atoms with Gasteiger partial charge in [-0.25, -0.2) is 0 Å². The van der Waals surface area contributed by atoms with Crippen molar-refractivity contribution in [3.05, 3.63) is 29.8 Å². The van der Waals surface area contributed by atoms with E-state index in [-0.39, 0.29) is 24.8 Å². The highest BCUT2D eigenvalue weighted by Gasteiger charge is 2.12. The molecule has 1 atom stereocenters. The van der Waals surface area contributed by atoms with Gasteiger partial charge < -0.3 is 15.4 Å². The lowest BCUT2D eigenvalue weighted by atomic mass is 10.1. The molecule has 1 aliphatic heterocycles. The molecule has 2 rings (SSSR count). The molecule has 2 N–H and O–H groups in total. The van der Waals surface area contributed by atoms with Gasteiger partial charge in [-0.3, -0.25) is 0 Å². The third-order valence-electron chi connectivity index (χ3n) is 2.91. The van der Waals surface area contributed by atoms with Crippen molar-refractivity contribution in [2.75, 3.05) is 25.5 Å². The fraction of sp³-hybridized carbons (Fsp3) is 0.538. The number of methoxy groups -OCH3 is 1. The quantitative estimate of drug-likeness (QED) is 0.895. The summed E-state index contributed by atoms with van der Waals surface area (Å²) in [6.45, 7) is 2.90. The Hall–Kier alpha value is -0.480. The summed E-state index contributed by atoms with van der Waals surface area (Å²) in [6.07, 6.45) is 2.51. The third-order valence-corrected chi connectivity index (χ3v) is 2.91. The average Bonchev–Trinajstić information content (AvgIpc) is 2.31. The van der Waals surface area contributed by atoms with Gasteiger partial charge in [-0.1, -0.05) is 12.1 Å². The molecule has 0 aromatic heterocycles. The van der Waals surface area contributed by atoms with Crippen molar-refractivity contribution in [1.29, 1.82) is 0 Å². The molecule has 0 amide bonds. The van der Waals surface area contributed by atoms with E-state index in [0.717, 1.165) is 13.1 Å². The van der Waals surface area contributed by atoms with E-state index in [4.69, 9.17) is 4.74 Å². The number of hydrogen-bond donors (Lipinski definition) is 2. The van der Waals surface area contributed by atoms with Crippen LogP contribution >= 0.6 is 24.8 Å². The van der Waals surface area contributed by atoms with Gasteiger partial charge in [0.15, 0.2) is 0 Å². The second-order valence-corrected chi connectivity index (χ2v) is 4.32. The highest BCUT2D eigenvalue weighted by molar-refractivity contribution is 5.85. The molecule has 0 unspecified atom stereocenters. The number of rotatable bonds is 4. The van der Waals surface area contributed by atoms with E-state index in [9.17, 15) is 0 Å². The minimum atomic E-state index is 0. The van der Waals surface area contributed by atoms with Gasteiger partial charge in [0, 0.05) is 25.4 Å². The minimum absolute atomic E-state index is 0. The highest BCUT2D eigenvalue weighted by atomic mass is 35.5. The Bertz CT molecular complexity index is 331. The molecule has 1 aliphatic rings. The van der Waals surface area contributed by atoms with Crippen LogP contribution in [-0.4, -0.2) is 26.2 Å². The van der Waals surface area contributed by atoms with Crippen molar-refractivity contribution in [3.8, 4) is 0 Å². The van der Waals surface area contributed by atoms with Crippen LogP contribution in [0.5, 0.6) is 0 Å². The molecule has 0 spiro atoms. The van der Waals surface area contributed by atoms with Gasteiger partial charge in [-0.2, -0.15) is 0 Å². The molecular formula is C13H22Cl2N2O. The van der Waals surface area contributed by atoms with Crippen molar-refractivity contribution >= 4 is 30.5 Å². The zero-order valence-electron chi connectivity index (χ0n) is 10.6. The number of ether oxygens (including phenoxy) is 1. The van der Waals surface area contributed by atoms with E-state index in [1.165, 1.54) is 24.1 Å². The van der Waals surface area contributed by atoms with E-state index in [2.05, 4.69) is 34.9 Å². The zero-order chi connectivity index (χ0) is 11.2. The van der Waals surface area contributed by atoms with Gasteiger partial charge in [-0.05, 0) is 37.1 Å². The number of anilines is 1. The van der Waals surface area contributed by atoms with Gasteiger partial charge in [0.25, 0.3) is 0 Å². The first-order valence-electron chi connectivity index (χ1n) is 5.93. The van der Waals surface area contributed by atoms with Crippen LogP contribution in [0, 0.1) is 0 Å². The van der Waals surface area contributed by atoms with Gasteiger partial charge in [-0.15, -0.1) is 24.8 Å². The lowest BCUT2D eigenvalue weighted by molar-refractivity contribution is 0.185. The van der Waals surface area contributed by atoms with Crippen LogP contribution in [0.2, 0.25) is 0 Å². The van der Waals surface area contributed by atoms with Crippen molar-refractivity contribution in [2.45, 2.75) is 25.5 Å². The lowest BCUT2D eigenvalue weighted by Crippen LogP contribution is -2.38. The Morgan fingerprint density at radius 3 is 2.89 bits per heavy atom. The van der Waals surface area contributed by atoms with Gasteiger partial charge in [0.05, 0.1) is 6.61 Å². The number of nitrogens with one attached hydrogen (secondary N) is 2. The van der Waals surface area contributed by atoms with Gasteiger partial charge in [0.2, 0.25) is 0 Å². The van der Waals surface area contributed by atoms with Gasteiger partial charge in [0.1, 0.15) is 0 Å². The molecule has 5 heteroatoms. The molecular weight excluding hydrogens is 271 g/mol. The van der Waals surface area contributed by atoms with Crippen LogP contribution in [0.4, 0.5) is 5.69 Å². The Balaban J connectivity index is 0.00000144. The van der Waals surface area contributed by atoms with E-state index in [1.54, 1.807) is 7.11 Å². The minimum Gasteiger partial charge on any atom is -0.381 e. The standard InChI is InChI=1S/C13H20N2O.2ClH/c1-16-10-11-4-2-5-12(8-11)15-13-6-3-7-14-9-13;;/h2,4-5,8,13-15H,3,6-7,9-10H2,1H3;2*1H/t13-;;/m0../s1. The summed E-state index contributed by atoms with van der Waals surface area (Å²) in [7, 11) is 1.73. The number of benzene rings is 1. The first-order chi connectivity index (χ1) is 7.88. The van der Waals surface area contributed by atoms with E-state index in [0.29, 0.717) is 12.6 Å². The van der Waals surface area contributed by atoms with E-state index >= 15 is 0 Å². The summed E-state index contributed by atoms with van der Waals surface area (Å²) in [6, 6.07) is 9.01. The summed E-state index contributed by atoms with van der Waals surface area (Å²) in [5.41, 5.74) is 2.42. The molecule has 0 bridgehead atoms. The average molecular weight is 293 g/mol. The molecule has 3 nitrogen and oxygen atoms in total. The van der Waals surface area contributed by atoms with Crippen LogP contribution < -0.4 is 10.6 Å². The Labute approximate surface area is 121 Å². The third kappa shape index (κ3) is 5.44. The smallest absolute Gasteiger partial charge is 0.0713 e.